The summed E-state index contributed by atoms with van der Waals surface area (Å²) in [7, 11) is 0. The molecule has 0 saturated heterocycles. The van der Waals surface area contributed by atoms with Gasteiger partial charge in [0.15, 0.2) is 0 Å². The molecule has 0 aliphatic carbocycles. The van der Waals surface area contributed by atoms with Crippen LogP contribution in [0.1, 0.15) is 33.1 Å². The molecule has 6 heteroatoms. The average molecular weight is 241 g/mol. The largest absolute Gasteiger partial charge is 0.308 e. The van der Waals surface area contributed by atoms with Gasteiger partial charge in [-0.3, -0.25) is 0 Å². The van der Waals surface area contributed by atoms with Crippen LogP contribution in [0.15, 0.2) is 4.99 Å². The van der Waals surface area contributed by atoms with Gasteiger partial charge in [-0.15, -0.1) is 0 Å². The van der Waals surface area contributed by atoms with E-state index < -0.39 is 24.2 Å². The van der Waals surface area contributed by atoms with E-state index in [1.54, 1.807) is 6.92 Å². The Kier molecular flexibility index (Phi) is 5.65. The molecule has 1 unspecified atom stereocenters. The smallest absolute Gasteiger partial charge is 0.211 e. The molecule has 0 N–H and O–H groups in total. The Hall–Kier alpha value is -0.900. The van der Waals surface area contributed by atoms with Crippen molar-refractivity contribution in [3.63, 3.8) is 0 Å². The molecule has 0 aromatic heterocycles. The van der Waals surface area contributed by atoms with Gasteiger partial charge in [0.05, 0.1) is 6.54 Å². The standard InChI is InChI=1S/C10H15F4NO/c1-3-4-9(2,6-15-7-16)5-10(13,14)8(11)12/h8H,3-6H2,1-2H3. The first kappa shape index (κ1) is 15.1. The van der Waals surface area contributed by atoms with Gasteiger partial charge in [-0.05, 0) is 11.8 Å². The molecule has 0 radical (unpaired) electrons. The van der Waals surface area contributed by atoms with E-state index in [1.807, 2.05) is 0 Å². The van der Waals surface area contributed by atoms with Crippen molar-refractivity contribution in [2.45, 2.75) is 45.5 Å². The third kappa shape index (κ3) is 4.75. The monoisotopic (exact) mass is 241 g/mol. The first-order chi connectivity index (χ1) is 7.27. The van der Waals surface area contributed by atoms with Crippen molar-refractivity contribution in [1.29, 1.82) is 0 Å². The summed E-state index contributed by atoms with van der Waals surface area (Å²) in [4.78, 5) is 13.2. The highest BCUT2D eigenvalue weighted by Crippen LogP contribution is 2.39. The van der Waals surface area contributed by atoms with Gasteiger partial charge in [0.1, 0.15) is 0 Å². The molecular weight excluding hydrogens is 226 g/mol. The topological polar surface area (TPSA) is 29.4 Å². The van der Waals surface area contributed by atoms with Crippen molar-refractivity contribution in [3.8, 4) is 0 Å². The van der Waals surface area contributed by atoms with Gasteiger partial charge in [0, 0.05) is 6.42 Å². The molecule has 0 saturated carbocycles. The predicted octanol–water partition coefficient (Wildman–Crippen LogP) is 3.42. The van der Waals surface area contributed by atoms with Crippen LogP contribution in [-0.2, 0) is 4.79 Å². The second-order valence-electron chi connectivity index (χ2n) is 4.21. The van der Waals surface area contributed by atoms with Crippen molar-refractivity contribution in [3.05, 3.63) is 0 Å². The fraction of sp³-hybridized carbons (Fsp3) is 0.900. The van der Waals surface area contributed by atoms with E-state index in [9.17, 15) is 22.4 Å². The molecule has 0 aromatic carbocycles. The number of halogens is 4. The first-order valence-electron chi connectivity index (χ1n) is 4.97. The van der Waals surface area contributed by atoms with E-state index in [4.69, 9.17) is 0 Å². The first-order valence-corrected chi connectivity index (χ1v) is 4.97. The van der Waals surface area contributed by atoms with Gasteiger partial charge in [0.25, 0.3) is 0 Å². The van der Waals surface area contributed by atoms with E-state index in [0.717, 1.165) is 0 Å². The molecule has 0 spiro atoms. The lowest BCUT2D eigenvalue weighted by Gasteiger charge is -2.30. The van der Waals surface area contributed by atoms with Crippen molar-refractivity contribution >= 4 is 6.08 Å². The van der Waals surface area contributed by atoms with Gasteiger partial charge in [-0.2, -0.15) is 0 Å². The van der Waals surface area contributed by atoms with Crippen molar-refractivity contribution < 1.29 is 22.4 Å². The second-order valence-corrected chi connectivity index (χ2v) is 4.21. The Labute approximate surface area is 91.7 Å². The highest BCUT2D eigenvalue weighted by molar-refractivity contribution is 5.33. The number of hydrogen-bond acceptors (Lipinski definition) is 2. The molecule has 1 atom stereocenters. The van der Waals surface area contributed by atoms with Gasteiger partial charge < -0.3 is 0 Å². The van der Waals surface area contributed by atoms with Gasteiger partial charge in [0.2, 0.25) is 6.08 Å². The molecule has 0 rings (SSSR count). The van der Waals surface area contributed by atoms with E-state index in [-0.39, 0.29) is 6.54 Å². The van der Waals surface area contributed by atoms with Gasteiger partial charge >= 0.3 is 12.3 Å². The summed E-state index contributed by atoms with van der Waals surface area (Å²) in [5.41, 5.74) is -1.09. The summed E-state index contributed by atoms with van der Waals surface area (Å²) in [6.07, 6.45) is -2.56. The van der Waals surface area contributed by atoms with Crippen molar-refractivity contribution in [2.75, 3.05) is 6.54 Å². The maximum atomic E-state index is 12.9. The summed E-state index contributed by atoms with van der Waals surface area (Å²) in [5, 5.41) is 0. The summed E-state index contributed by atoms with van der Waals surface area (Å²) in [6, 6.07) is 0. The van der Waals surface area contributed by atoms with Crippen LogP contribution in [0.25, 0.3) is 0 Å². The minimum atomic E-state index is -4.04. The molecule has 2 nitrogen and oxygen atoms in total. The highest BCUT2D eigenvalue weighted by Gasteiger charge is 2.46. The van der Waals surface area contributed by atoms with Gasteiger partial charge in [-0.1, -0.05) is 20.3 Å². The van der Waals surface area contributed by atoms with E-state index in [0.29, 0.717) is 12.8 Å². The number of rotatable bonds is 7. The van der Waals surface area contributed by atoms with Crippen LogP contribution in [0.5, 0.6) is 0 Å². The Morgan fingerprint density at radius 2 is 1.94 bits per heavy atom. The fourth-order valence-corrected chi connectivity index (χ4v) is 1.70. The zero-order chi connectivity index (χ0) is 12.8. The van der Waals surface area contributed by atoms with Crippen LogP contribution in [0.3, 0.4) is 0 Å². The third-order valence-electron chi connectivity index (χ3n) is 2.36. The molecule has 0 fully saturated rings. The zero-order valence-electron chi connectivity index (χ0n) is 9.27. The van der Waals surface area contributed by atoms with Crippen LogP contribution in [0.2, 0.25) is 0 Å². The molecule has 0 amide bonds. The molecule has 94 valence electrons. The fourth-order valence-electron chi connectivity index (χ4n) is 1.70. The number of hydrogen-bond donors (Lipinski definition) is 0. The maximum absolute atomic E-state index is 12.9. The molecule has 0 heterocycles. The van der Waals surface area contributed by atoms with Crippen LogP contribution >= 0.6 is 0 Å². The number of isocyanates is 1. The van der Waals surface area contributed by atoms with Gasteiger partial charge in [-0.25, -0.2) is 27.3 Å². The zero-order valence-corrected chi connectivity index (χ0v) is 9.27. The minimum Gasteiger partial charge on any atom is -0.211 e. The molecule has 16 heavy (non-hydrogen) atoms. The number of alkyl halides is 4. The van der Waals surface area contributed by atoms with E-state index in [1.165, 1.54) is 13.0 Å². The Morgan fingerprint density at radius 1 is 1.38 bits per heavy atom. The normalized spacial score (nSPS) is 15.7. The Balaban J connectivity index is 4.71. The quantitative estimate of drug-likeness (QED) is 0.381. The number of carbonyl (C=O) groups excluding carboxylic acids is 1. The molecule has 0 aliphatic heterocycles. The maximum Gasteiger partial charge on any atom is 0.308 e. The lowest BCUT2D eigenvalue weighted by Crippen LogP contribution is -2.36. The Morgan fingerprint density at radius 3 is 2.31 bits per heavy atom. The second kappa shape index (κ2) is 5.99. The average Bonchev–Trinajstić information content (AvgIpc) is 2.14. The SMILES string of the molecule is CCCC(C)(CN=C=O)CC(F)(F)C(F)F. The van der Waals surface area contributed by atoms with Crippen LogP contribution in [0, 0.1) is 5.41 Å². The number of aliphatic imine (C=N–C) groups is 1. The van der Waals surface area contributed by atoms with Crippen LogP contribution in [0.4, 0.5) is 17.6 Å². The molecule has 0 aromatic rings. The van der Waals surface area contributed by atoms with E-state index in [2.05, 4.69) is 4.99 Å². The highest BCUT2D eigenvalue weighted by atomic mass is 19.3. The van der Waals surface area contributed by atoms with E-state index >= 15 is 0 Å². The third-order valence-corrected chi connectivity index (χ3v) is 2.36. The minimum absolute atomic E-state index is 0.202. The van der Waals surface area contributed by atoms with Crippen LogP contribution < -0.4 is 0 Å². The molecule has 0 bridgehead atoms. The molecule has 0 aliphatic rings. The van der Waals surface area contributed by atoms with Crippen LogP contribution in [-0.4, -0.2) is 25.0 Å². The number of nitrogens with zero attached hydrogens (tertiary/aromatic N) is 1. The molecular formula is C10H15F4NO. The summed E-state index contributed by atoms with van der Waals surface area (Å²) in [6.45, 7) is 2.98. The lowest BCUT2D eigenvalue weighted by atomic mass is 9.80. The summed E-state index contributed by atoms with van der Waals surface area (Å²) < 4.78 is 49.9. The summed E-state index contributed by atoms with van der Waals surface area (Å²) in [5.74, 6) is -4.04. The summed E-state index contributed by atoms with van der Waals surface area (Å²) >= 11 is 0. The lowest BCUT2D eigenvalue weighted by molar-refractivity contribution is -0.150. The Bertz CT molecular complexity index is 264. The van der Waals surface area contributed by atoms with Crippen molar-refractivity contribution in [1.82, 2.24) is 0 Å². The van der Waals surface area contributed by atoms with Crippen molar-refractivity contribution in [2.24, 2.45) is 10.4 Å². The predicted molar refractivity (Wildman–Crippen MR) is 51.6 cm³/mol.